The third-order valence-corrected chi connectivity index (χ3v) is 2.60. The van der Waals surface area contributed by atoms with Crippen molar-refractivity contribution in [3.05, 3.63) is 69.5 Å². The molecule has 0 saturated carbocycles. The van der Waals surface area contributed by atoms with Crippen LogP contribution in [0.2, 0.25) is 0 Å². The molecular weight excluding hydrogens is 263 g/mol. The van der Waals surface area contributed by atoms with Crippen molar-refractivity contribution in [2.45, 2.75) is 6.61 Å². The van der Waals surface area contributed by atoms with E-state index in [1.54, 1.807) is 24.3 Å². The van der Waals surface area contributed by atoms with E-state index in [-0.39, 0.29) is 12.4 Å². The van der Waals surface area contributed by atoms with Gasteiger partial charge in [-0.1, -0.05) is 12.1 Å². The molecule has 0 aromatic heterocycles. The monoisotopic (exact) mass is 272 g/mol. The molecule has 20 heavy (non-hydrogen) atoms. The lowest BCUT2D eigenvalue weighted by molar-refractivity contribution is -0.386. The van der Waals surface area contributed by atoms with E-state index >= 15 is 0 Å². The zero-order valence-electron chi connectivity index (χ0n) is 10.2. The molecule has 0 aliphatic rings. The number of nitrogens with zero attached hydrogens (tertiary/aromatic N) is 2. The van der Waals surface area contributed by atoms with E-state index < -0.39 is 16.4 Å². The van der Waals surface area contributed by atoms with E-state index in [0.717, 1.165) is 17.7 Å². The standard InChI is InChI=1S/C14H9FN2O3/c15-12-5-6-14(13(7-12)17(18)19)20-9-11-3-1-10(8-16)2-4-11/h1-7H,9H2. The lowest BCUT2D eigenvalue weighted by Crippen LogP contribution is -1.99. The van der Waals surface area contributed by atoms with E-state index in [0.29, 0.717) is 5.56 Å². The van der Waals surface area contributed by atoms with Crippen LogP contribution >= 0.6 is 0 Å². The maximum Gasteiger partial charge on any atom is 0.313 e. The first kappa shape index (κ1) is 13.5. The van der Waals surface area contributed by atoms with Gasteiger partial charge in [-0.05, 0) is 29.8 Å². The van der Waals surface area contributed by atoms with Crippen molar-refractivity contribution in [2.24, 2.45) is 0 Å². The van der Waals surface area contributed by atoms with Gasteiger partial charge in [0.15, 0.2) is 5.75 Å². The highest BCUT2D eigenvalue weighted by Crippen LogP contribution is 2.28. The molecular formula is C14H9FN2O3. The van der Waals surface area contributed by atoms with E-state index in [9.17, 15) is 14.5 Å². The van der Waals surface area contributed by atoms with E-state index in [1.807, 2.05) is 6.07 Å². The normalized spacial score (nSPS) is 9.80. The molecule has 0 fully saturated rings. The summed E-state index contributed by atoms with van der Waals surface area (Å²) in [7, 11) is 0. The van der Waals surface area contributed by atoms with Crippen molar-refractivity contribution in [3.63, 3.8) is 0 Å². The fourth-order valence-electron chi connectivity index (χ4n) is 1.59. The molecule has 0 unspecified atom stereocenters. The summed E-state index contributed by atoms with van der Waals surface area (Å²) in [6.45, 7) is 0.0954. The lowest BCUT2D eigenvalue weighted by atomic mass is 10.1. The minimum absolute atomic E-state index is 0.000703. The topological polar surface area (TPSA) is 76.2 Å². The molecule has 0 atom stereocenters. The Morgan fingerprint density at radius 1 is 1.25 bits per heavy atom. The fourth-order valence-corrected chi connectivity index (χ4v) is 1.59. The number of nitriles is 1. The number of hydrogen-bond donors (Lipinski definition) is 0. The van der Waals surface area contributed by atoms with Gasteiger partial charge in [-0.25, -0.2) is 4.39 Å². The summed E-state index contributed by atoms with van der Waals surface area (Å²) in [6, 6.07) is 11.7. The Balaban J connectivity index is 2.14. The molecule has 0 aliphatic heterocycles. The van der Waals surface area contributed by atoms with E-state index in [2.05, 4.69) is 0 Å². The highest BCUT2D eigenvalue weighted by atomic mass is 19.1. The minimum atomic E-state index is -0.697. The molecule has 2 rings (SSSR count). The Morgan fingerprint density at radius 2 is 1.95 bits per heavy atom. The Hall–Kier alpha value is -2.94. The van der Waals surface area contributed by atoms with Gasteiger partial charge in [0, 0.05) is 0 Å². The minimum Gasteiger partial charge on any atom is -0.482 e. The summed E-state index contributed by atoms with van der Waals surface area (Å²) in [5.74, 6) is -0.691. The molecule has 2 aromatic carbocycles. The first-order valence-corrected chi connectivity index (χ1v) is 5.66. The molecule has 0 aliphatic carbocycles. The van der Waals surface area contributed by atoms with Gasteiger partial charge >= 0.3 is 5.69 Å². The predicted octanol–water partition coefficient (Wildman–Crippen LogP) is 3.18. The summed E-state index contributed by atoms with van der Waals surface area (Å²) < 4.78 is 18.3. The quantitative estimate of drug-likeness (QED) is 0.632. The maximum absolute atomic E-state index is 13.0. The number of hydrogen-bond acceptors (Lipinski definition) is 4. The third kappa shape index (κ3) is 3.09. The van der Waals surface area contributed by atoms with Crippen LogP contribution in [0.3, 0.4) is 0 Å². The van der Waals surface area contributed by atoms with Crippen LogP contribution < -0.4 is 4.74 Å². The van der Waals surface area contributed by atoms with Crippen molar-refractivity contribution in [1.29, 1.82) is 5.26 Å². The summed E-state index contributed by atoms with van der Waals surface area (Å²) in [4.78, 5) is 10.1. The number of ether oxygens (including phenoxy) is 1. The molecule has 0 N–H and O–H groups in total. The smallest absolute Gasteiger partial charge is 0.313 e. The second kappa shape index (κ2) is 5.80. The molecule has 0 radical (unpaired) electrons. The molecule has 5 nitrogen and oxygen atoms in total. The van der Waals surface area contributed by atoms with Crippen LogP contribution in [0.5, 0.6) is 5.75 Å². The van der Waals surface area contributed by atoms with Crippen LogP contribution in [0.15, 0.2) is 42.5 Å². The van der Waals surface area contributed by atoms with Crippen LogP contribution in [0, 0.1) is 27.3 Å². The van der Waals surface area contributed by atoms with Crippen molar-refractivity contribution < 1.29 is 14.1 Å². The van der Waals surface area contributed by atoms with Gasteiger partial charge in [0.05, 0.1) is 22.6 Å². The Kier molecular flexibility index (Phi) is 3.91. The summed E-state index contributed by atoms with van der Waals surface area (Å²) in [5.41, 5.74) is 0.850. The third-order valence-electron chi connectivity index (χ3n) is 2.60. The average Bonchev–Trinajstić information content (AvgIpc) is 2.46. The highest BCUT2D eigenvalue weighted by Gasteiger charge is 2.16. The maximum atomic E-state index is 13.0. The average molecular weight is 272 g/mol. The Morgan fingerprint density at radius 3 is 2.55 bits per heavy atom. The Labute approximate surface area is 114 Å². The van der Waals surface area contributed by atoms with Gasteiger partial charge in [0.1, 0.15) is 12.4 Å². The summed E-state index contributed by atoms with van der Waals surface area (Å²) in [6.07, 6.45) is 0. The predicted molar refractivity (Wildman–Crippen MR) is 68.5 cm³/mol. The SMILES string of the molecule is N#Cc1ccc(COc2ccc(F)cc2[N+](=O)[O-])cc1. The zero-order chi connectivity index (χ0) is 14.5. The van der Waals surface area contributed by atoms with E-state index in [4.69, 9.17) is 10.00 Å². The van der Waals surface area contributed by atoms with Crippen molar-refractivity contribution in [1.82, 2.24) is 0 Å². The molecule has 2 aromatic rings. The molecule has 100 valence electrons. The first-order valence-electron chi connectivity index (χ1n) is 5.66. The number of halogens is 1. The number of rotatable bonds is 4. The van der Waals surface area contributed by atoms with Gasteiger partial charge in [0.2, 0.25) is 0 Å². The number of nitro groups is 1. The van der Waals surface area contributed by atoms with Crippen molar-refractivity contribution in [2.75, 3.05) is 0 Å². The van der Waals surface area contributed by atoms with Crippen LogP contribution in [-0.2, 0) is 6.61 Å². The van der Waals surface area contributed by atoms with Crippen LogP contribution in [0.4, 0.5) is 10.1 Å². The van der Waals surface area contributed by atoms with Gasteiger partial charge in [-0.3, -0.25) is 10.1 Å². The van der Waals surface area contributed by atoms with Gasteiger partial charge in [0.25, 0.3) is 0 Å². The zero-order valence-corrected chi connectivity index (χ0v) is 10.2. The Bertz CT molecular complexity index is 678. The first-order chi connectivity index (χ1) is 9.60. The van der Waals surface area contributed by atoms with Crippen LogP contribution in [-0.4, -0.2) is 4.92 Å². The summed E-state index contributed by atoms with van der Waals surface area (Å²) in [5, 5.41) is 19.5. The molecule has 0 heterocycles. The van der Waals surface area contributed by atoms with Gasteiger partial charge in [-0.15, -0.1) is 0 Å². The van der Waals surface area contributed by atoms with Crippen molar-refractivity contribution in [3.8, 4) is 11.8 Å². The summed E-state index contributed by atoms with van der Waals surface area (Å²) >= 11 is 0. The number of nitro benzene ring substituents is 1. The molecule has 0 amide bonds. The second-order valence-corrected chi connectivity index (χ2v) is 3.97. The largest absolute Gasteiger partial charge is 0.482 e. The van der Waals surface area contributed by atoms with Crippen molar-refractivity contribution >= 4 is 5.69 Å². The lowest BCUT2D eigenvalue weighted by Gasteiger charge is -2.07. The molecule has 0 bridgehead atoms. The van der Waals surface area contributed by atoms with Crippen LogP contribution in [0.25, 0.3) is 0 Å². The van der Waals surface area contributed by atoms with Crippen LogP contribution in [0.1, 0.15) is 11.1 Å². The highest BCUT2D eigenvalue weighted by molar-refractivity contribution is 5.46. The van der Waals surface area contributed by atoms with Gasteiger partial charge < -0.3 is 4.74 Å². The van der Waals surface area contributed by atoms with Gasteiger partial charge in [-0.2, -0.15) is 5.26 Å². The second-order valence-electron chi connectivity index (χ2n) is 3.97. The number of benzene rings is 2. The molecule has 6 heteroatoms. The molecule has 0 spiro atoms. The molecule has 0 saturated heterocycles. The van der Waals surface area contributed by atoms with E-state index in [1.165, 1.54) is 6.07 Å². The fraction of sp³-hybridized carbons (Fsp3) is 0.0714.